The van der Waals surface area contributed by atoms with E-state index in [4.69, 9.17) is 4.74 Å². The van der Waals surface area contributed by atoms with Crippen molar-refractivity contribution in [2.45, 2.75) is 24.2 Å². The Kier molecular flexibility index (Phi) is 3.89. The average Bonchev–Trinajstić information content (AvgIpc) is 2.94. The molecule has 0 unspecified atom stereocenters. The summed E-state index contributed by atoms with van der Waals surface area (Å²) in [6, 6.07) is 1.90. The first-order chi connectivity index (χ1) is 8.17. The van der Waals surface area contributed by atoms with Gasteiger partial charge in [0.1, 0.15) is 0 Å². The monoisotopic (exact) mass is 270 g/mol. The van der Waals surface area contributed by atoms with E-state index in [2.05, 4.69) is 0 Å². The van der Waals surface area contributed by atoms with Gasteiger partial charge in [-0.3, -0.25) is 9.59 Å². The van der Waals surface area contributed by atoms with E-state index in [0.717, 1.165) is 34.7 Å². The van der Waals surface area contributed by atoms with Gasteiger partial charge in [0.25, 0.3) is 0 Å². The molecule has 0 aromatic carbocycles. The molecule has 1 aromatic heterocycles. The molecule has 17 heavy (non-hydrogen) atoms. The maximum absolute atomic E-state index is 11.3. The van der Waals surface area contributed by atoms with Crippen molar-refractivity contribution >= 4 is 35.4 Å². The number of rotatable bonds is 6. The second-order valence-corrected chi connectivity index (χ2v) is 6.34. The number of thioether (sulfide) groups is 1. The summed E-state index contributed by atoms with van der Waals surface area (Å²) in [5.74, 6) is 0.805. The van der Waals surface area contributed by atoms with Crippen molar-refractivity contribution in [2.24, 2.45) is 5.41 Å². The summed E-state index contributed by atoms with van der Waals surface area (Å²) >= 11 is 3.18. The van der Waals surface area contributed by atoms with E-state index in [1.54, 1.807) is 11.8 Å². The molecule has 0 atom stereocenters. The van der Waals surface area contributed by atoms with Crippen molar-refractivity contribution in [2.75, 3.05) is 12.9 Å². The van der Waals surface area contributed by atoms with Crippen molar-refractivity contribution in [3.8, 4) is 0 Å². The summed E-state index contributed by atoms with van der Waals surface area (Å²) in [7, 11) is 1.43. The number of esters is 1. The van der Waals surface area contributed by atoms with Crippen LogP contribution < -0.4 is 0 Å². The summed E-state index contributed by atoms with van der Waals surface area (Å²) in [6.07, 6.45) is 3.58. The first-order valence-corrected chi connectivity index (χ1v) is 7.27. The Hall–Kier alpha value is -0.810. The lowest BCUT2D eigenvalue weighted by Gasteiger charge is -2.12. The van der Waals surface area contributed by atoms with Gasteiger partial charge in [-0.1, -0.05) is 0 Å². The zero-order valence-corrected chi connectivity index (χ0v) is 11.2. The first kappa shape index (κ1) is 12.6. The Balaban J connectivity index is 1.85. The number of aldehydes is 1. The Morgan fingerprint density at radius 1 is 1.65 bits per heavy atom. The number of thiophene rings is 1. The number of hydrogen-bond donors (Lipinski definition) is 0. The van der Waals surface area contributed by atoms with Crippen molar-refractivity contribution in [1.29, 1.82) is 0 Å². The zero-order valence-electron chi connectivity index (χ0n) is 9.60. The lowest BCUT2D eigenvalue weighted by atomic mass is 10.1. The van der Waals surface area contributed by atoms with Crippen LogP contribution in [0.5, 0.6) is 0 Å². The largest absolute Gasteiger partial charge is 0.469 e. The van der Waals surface area contributed by atoms with Crippen LogP contribution in [0.4, 0.5) is 0 Å². The molecule has 3 nitrogen and oxygen atoms in total. The Labute approximate surface area is 109 Å². The van der Waals surface area contributed by atoms with E-state index in [-0.39, 0.29) is 11.4 Å². The minimum atomic E-state index is -0.123. The van der Waals surface area contributed by atoms with Crippen molar-refractivity contribution < 1.29 is 14.3 Å². The van der Waals surface area contributed by atoms with Crippen LogP contribution >= 0.6 is 23.1 Å². The molecule has 2 rings (SSSR count). The number of carbonyl (C=O) groups is 2. The van der Waals surface area contributed by atoms with E-state index in [1.165, 1.54) is 18.4 Å². The Morgan fingerprint density at radius 2 is 2.41 bits per heavy atom. The fourth-order valence-electron chi connectivity index (χ4n) is 1.64. The highest BCUT2D eigenvalue weighted by molar-refractivity contribution is 7.99. The van der Waals surface area contributed by atoms with Gasteiger partial charge in [0.15, 0.2) is 6.29 Å². The predicted octanol–water partition coefficient (Wildman–Crippen LogP) is 3.00. The highest BCUT2D eigenvalue weighted by Gasteiger charge is 2.44. The minimum Gasteiger partial charge on any atom is -0.469 e. The molecular weight excluding hydrogens is 256 g/mol. The quantitative estimate of drug-likeness (QED) is 0.453. The number of methoxy groups -OCH3 is 1. The summed E-state index contributed by atoms with van der Waals surface area (Å²) in [6.45, 7) is 0. The van der Waals surface area contributed by atoms with Gasteiger partial charge < -0.3 is 4.74 Å². The summed E-state index contributed by atoms with van der Waals surface area (Å²) in [5.41, 5.74) is 0.140. The molecule has 92 valence electrons. The van der Waals surface area contributed by atoms with Crippen molar-refractivity contribution in [3.63, 3.8) is 0 Å². The van der Waals surface area contributed by atoms with Crippen LogP contribution in [-0.2, 0) is 9.53 Å². The van der Waals surface area contributed by atoms with Crippen LogP contribution in [0, 0.1) is 5.41 Å². The van der Waals surface area contributed by atoms with Gasteiger partial charge in [0, 0.05) is 16.0 Å². The van der Waals surface area contributed by atoms with Gasteiger partial charge in [-0.25, -0.2) is 0 Å². The maximum atomic E-state index is 11.3. The maximum Gasteiger partial charge on any atom is 0.306 e. The van der Waals surface area contributed by atoms with Gasteiger partial charge in [-0.2, -0.15) is 0 Å². The molecule has 1 aliphatic carbocycles. The van der Waals surface area contributed by atoms with Crippen molar-refractivity contribution in [3.05, 3.63) is 16.3 Å². The van der Waals surface area contributed by atoms with Gasteiger partial charge in [0.2, 0.25) is 0 Å². The van der Waals surface area contributed by atoms with Crippen LogP contribution in [-0.4, -0.2) is 25.1 Å². The molecule has 0 amide bonds. The van der Waals surface area contributed by atoms with Gasteiger partial charge in [-0.05, 0) is 24.3 Å². The van der Waals surface area contributed by atoms with Crippen LogP contribution in [0.3, 0.4) is 0 Å². The molecule has 0 radical (unpaired) electrons. The fourth-order valence-corrected chi connectivity index (χ4v) is 3.77. The van der Waals surface area contributed by atoms with E-state index in [1.807, 2.05) is 11.4 Å². The van der Waals surface area contributed by atoms with Crippen LogP contribution in [0.1, 0.15) is 28.9 Å². The molecule has 0 spiro atoms. The summed E-state index contributed by atoms with van der Waals surface area (Å²) < 4.78 is 4.71. The van der Waals surface area contributed by atoms with Gasteiger partial charge >= 0.3 is 5.97 Å². The topological polar surface area (TPSA) is 43.4 Å². The molecular formula is C12H14O3S2. The highest BCUT2D eigenvalue weighted by Crippen LogP contribution is 2.52. The number of carbonyl (C=O) groups excluding carboxylic acids is 2. The third-order valence-corrected chi connectivity index (χ3v) is 5.29. The molecule has 0 saturated heterocycles. The molecule has 0 aliphatic heterocycles. The third-order valence-electron chi connectivity index (χ3n) is 2.96. The predicted molar refractivity (Wildman–Crippen MR) is 68.7 cm³/mol. The lowest BCUT2D eigenvalue weighted by Crippen LogP contribution is -2.12. The number of hydrogen-bond acceptors (Lipinski definition) is 5. The number of ether oxygens (including phenoxy) is 1. The fraction of sp³-hybridized carbons (Fsp3) is 0.500. The molecule has 1 aromatic rings. The third kappa shape index (κ3) is 3.33. The first-order valence-electron chi connectivity index (χ1n) is 5.41. The normalized spacial score (nSPS) is 16.5. The van der Waals surface area contributed by atoms with E-state index in [0.29, 0.717) is 6.42 Å². The highest BCUT2D eigenvalue weighted by atomic mass is 32.2. The zero-order chi connectivity index (χ0) is 12.3. The van der Waals surface area contributed by atoms with Crippen LogP contribution in [0.25, 0.3) is 0 Å². The molecule has 5 heteroatoms. The Bertz CT molecular complexity index is 421. The van der Waals surface area contributed by atoms with Gasteiger partial charge in [0.05, 0.1) is 18.4 Å². The molecule has 0 N–H and O–H groups in total. The average molecular weight is 270 g/mol. The Morgan fingerprint density at radius 3 is 2.94 bits per heavy atom. The molecule has 1 heterocycles. The van der Waals surface area contributed by atoms with Crippen LogP contribution in [0.2, 0.25) is 0 Å². The van der Waals surface area contributed by atoms with E-state index >= 15 is 0 Å². The molecule has 0 bridgehead atoms. The summed E-state index contributed by atoms with van der Waals surface area (Å²) in [5, 5.41) is 1.99. The SMILES string of the molecule is COC(=O)CC1(CSc2csc(C=O)c2)CC1. The standard InChI is InChI=1S/C12H14O3S2/c1-15-11(14)5-12(2-3-12)8-17-10-4-9(6-13)16-7-10/h4,6-7H,2-3,5,8H2,1H3. The molecule has 1 aliphatic rings. The minimum absolute atomic E-state index is 0.123. The summed E-state index contributed by atoms with van der Waals surface area (Å²) in [4.78, 5) is 23.7. The smallest absolute Gasteiger partial charge is 0.306 e. The lowest BCUT2D eigenvalue weighted by molar-refractivity contribution is -0.141. The molecule has 1 fully saturated rings. The van der Waals surface area contributed by atoms with Gasteiger partial charge in [-0.15, -0.1) is 23.1 Å². The van der Waals surface area contributed by atoms with Crippen molar-refractivity contribution in [1.82, 2.24) is 0 Å². The molecule has 1 saturated carbocycles. The van der Waals surface area contributed by atoms with Crippen LogP contribution in [0.15, 0.2) is 16.3 Å². The second-order valence-electron chi connectivity index (χ2n) is 4.34. The van der Waals surface area contributed by atoms with E-state index < -0.39 is 0 Å². The second kappa shape index (κ2) is 5.23. The van der Waals surface area contributed by atoms with E-state index in [9.17, 15) is 9.59 Å².